The van der Waals surface area contributed by atoms with Crippen molar-refractivity contribution in [3.63, 3.8) is 0 Å². The summed E-state index contributed by atoms with van der Waals surface area (Å²) in [6, 6.07) is 15.5. The van der Waals surface area contributed by atoms with Crippen molar-refractivity contribution in [3.8, 4) is 5.69 Å². The fraction of sp³-hybridized carbons (Fsp3) is 0.217. The summed E-state index contributed by atoms with van der Waals surface area (Å²) < 4.78 is 15.0. The van der Waals surface area contributed by atoms with E-state index in [0.717, 1.165) is 16.9 Å². The van der Waals surface area contributed by atoms with Crippen molar-refractivity contribution in [3.05, 3.63) is 78.0 Å². The lowest BCUT2D eigenvalue weighted by Gasteiger charge is -2.35. The number of rotatable bonds is 3. The number of carbonyl (C=O) groups excluding carboxylic acids is 1. The molecule has 0 saturated carbocycles. The average molecular weight is 416 g/mol. The number of amides is 1. The molecular formula is C23H21FN6O. The number of anilines is 1. The first-order valence-corrected chi connectivity index (χ1v) is 10.2. The van der Waals surface area contributed by atoms with Gasteiger partial charge in [-0.2, -0.15) is 5.10 Å². The first kappa shape index (κ1) is 19.2. The lowest BCUT2D eigenvalue weighted by atomic mass is 10.2. The molecular weight excluding hydrogens is 395 g/mol. The van der Waals surface area contributed by atoms with Gasteiger partial charge in [0.2, 0.25) is 0 Å². The molecule has 2 aromatic carbocycles. The standard InChI is InChI=1S/C23H21FN6O/c1-16-26-21(20-15-25-30(22(20)27-16)19-9-7-18(24)8-10-19)28-11-13-29(14-12-28)23(31)17-5-3-2-4-6-17/h2-10,15H,11-14H2,1H3. The van der Waals surface area contributed by atoms with Crippen LogP contribution in [0.4, 0.5) is 10.2 Å². The number of benzene rings is 2. The van der Waals surface area contributed by atoms with E-state index in [1.54, 1.807) is 23.0 Å². The molecule has 1 fully saturated rings. The van der Waals surface area contributed by atoms with Crippen molar-refractivity contribution in [2.45, 2.75) is 6.92 Å². The summed E-state index contributed by atoms with van der Waals surface area (Å²) in [7, 11) is 0. The monoisotopic (exact) mass is 416 g/mol. The van der Waals surface area contributed by atoms with Crippen molar-refractivity contribution in [2.24, 2.45) is 0 Å². The van der Waals surface area contributed by atoms with Crippen LogP contribution in [0.3, 0.4) is 0 Å². The number of aromatic nitrogens is 4. The van der Waals surface area contributed by atoms with Crippen LogP contribution in [0.25, 0.3) is 16.7 Å². The lowest BCUT2D eigenvalue weighted by Crippen LogP contribution is -2.49. The van der Waals surface area contributed by atoms with E-state index in [1.807, 2.05) is 42.2 Å². The Morgan fingerprint density at radius 3 is 2.35 bits per heavy atom. The highest BCUT2D eigenvalue weighted by molar-refractivity contribution is 5.94. The van der Waals surface area contributed by atoms with Gasteiger partial charge >= 0.3 is 0 Å². The number of hydrogen-bond acceptors (Lipinski definition) is 5. The molecule has 1 aliphatic heterocycles. The van der Waals surface area contributed by atoms with Crippen LogP contribution in [0, 0.1) is 12.7 Å². The zero-order valence-corrected chi connectivity index (χ0v) is 17.1. The van der Waals surface area contributed by atoms with E-state index in [2.05, 4.69) is 20.0 Å². The Morgan fingerprint density at radius 1 is 0.935 bits per heavy atom. The van der Waals surface area contributed by atoms with Gasteiger partial charge in [-0.05, 0) is 43.3 Å². The van der Waals surface area contributed by atoms with Crippen LogP contribution in [0.1, 0.15) is 16.2 Å². The van der Waals surface area contributed by atoms with E-state index in [9.17, 15) is 9.18 Å². The van der Waals surface area contributed by atoms with E-state index in [4.69, 9.17) is 0 Å². The topological polar surface area (TPSA) is 67.2 Å². The number of nitrogens with zero attached hydrogens (tertiary/aromatic N) is 6. The van der Waals surface area contributed by atoms with Gasteiger partial charge in [-0.25, -0.2) is 19.0 Å². The van der Waals surface area contributed by atoms with Crippen LogP contribution < -0.4 is 4.90 Å². The minimum Gasteiger partial charge on any atom is -0.352 e. The fourth-order valence-corrected chi connectivity index (χ4v) is 3.90. The van der Waals surface area contributed by atoms with Crippen LogP contribution in [0.5, 0.6) is 0 Å². The quantitative estimate of drug-likeness (QED) is 0.513. The van der Waals surface area contributed by atoms with Crippen molar-refractivity contribution in [1.82, 2.24) is 24.6 Å². The Kier molecular flexibility index (Phi) is 4.82. The van der Waals surface area contributed by atoms with Crippen LogP contribution in [-0.4, -0.2) is 56.7 Å². The highest BCUT2D eigenvalue weighted by atomic mass is 19.1. The van der Waals surface area contributed by atoms with E-state index in [1.165, 1.54) is 12.1 Å². The average Bonchev–Trinajstić information content (AvgIpc) is 3.23. The number of piperazine rings is 1. The predicted octanol–water partition coefficient (Wildman–Crippen LogP) is 3.23. The molecule has 0 unspecified atom stereocenters. The van der Waals surface area contributed by atoms with Crippen LogP contribution in [0.15, 0.2) is 60.8 Å². The predicted molar refractivity (Wildman–Crippen MR) is 116 cm³/mol. The molecule has 2 aromatic heterocycles. The second-order valence-corrected chi connectivity index (χ2v) is 7.51. The van der Waals surface area contributed by atoms with Crippen molar-refractivity contribution in [2.75, 3.05) is 31.1 Å². The molecule has 1 saturated heterocycles. The Labute approximate surface area is 178 Å². The number of fused-ring (bicyclic) bond motifs is 1. The van der Waals surface area contributed by atoms with E-state index < -0.39 is 0 Å². The van der Waals surface area contributed by atoms with Crippen molar-refractivity contribution in [1.29, 1.82) is 0 Å². The first-order valence-electron chi connectivity index (χ1n) is 10.2. The van der Waals surface area contributed by atoms with Crippen LogP contribution in [0.2, 0.25) is 0 Å². The SMILES string of the molecule is Cc1nc(N2CCN(C(=O)c3ccccc3)CC2)c2cnn(-c3ccc(F)cc3)c2n1. The molecule has 3 heterocycles. The first-order chi connectivity index (χ1) is 15.1. The van der Waals surface area contributed by atoms with Crippen molar-refractivity contribution < 1.29 is 9.18 Å². The molecule has 1 aliphatic rings. The maximum Gasteiger partial charge on any atom is 0.253 e. The minimum absolute atomic E-state index is 0.0494. The summed E-state index contributed by atoms with van der Waals surface area (Å²) in [5.74, 6) is 1.19. The molecule has 31 heavy (non-hydrogen) atoms. The molecule has 4 aromatic rings. The third-order valence-corrected chi connectivity index (χ3v) is 5.48. The second kappa shape index (κ2) is 7.79. The smallest absolute Gasteiger partial charge is 0.253 e. The van der Waals surface area contributed by atoms with E-state index >= 15 is 0 Å². The van der Waals surface area contributed by atoms with E-state index in [-0.39, 0.29) is 11.7 Å². The molecule has 1 amide bonds. The largest absolute Gasteiger partial charge is 0.352 e. The molecule has 0 bridgehead atoms. The summed E-state index contributed by atoms with van der Waals surface area (Å²) in [5.41, 5.74) is 2.12. The summed E-state index contributed by atoms with van der Waals surface area (Å²) in [4.78, 5) is 26.0. The molecule has 0 N–H and O–H groups in total. The Morgan fingerprint density at radius 2 is 1.65 bits per heavy atom. The highest BCUT2D eigenvalue weighted by Gasteiger charge is 2.25. The number of carbonyl (C=O) groups is 1. The number of halogens is 1. The third kappa shape index (κ3) is 3.61. The normalized spacial score (nSPS) is 14.3. The minimum atomic E-state index is -0.297. The zero-order chi connectivity index (χ0) is 21.4. The molecule has 0 aliphatic carbocycles. The molecule has 156 valence electrons. The summed E-state index contributed by atoms with van der Waals surface area (Å²) in [6.45, 7) is 4.42. The molecule has 5 rings (SSSR count). The molecule has 0 spiro atoms. The maximum atomic E-state index is 13.3. The molecule has 0 radical (unpaired) electrons. The second-order valence-electron chi connectivity index (χ2n) is 7.51. The Balaban J connectivity index is 1.41. The van der Waals surface area contributed by atoms with Gasteiger partial charge in [-0.1, -0.05) is 18.2 Å². The van der Waals surface area contributed by atoms with Gasteiger partial charge in [0, 0.05) is 31.7 Å². The summed E-state index contributed by atoms with van der Waals surface area (Å²) >= 11 is 0. The number of aryl methyl sites for hydroxylation is 1. The van der Waals surface area contributed by atoms with E-state index in [0.29, 0.717) is 43.2 Å². The van der Waals surface area contributed by atoms with Crippen LogP contribution in [-0.2, 0) is 0 Å². The van der Waals surface area contributed by atoms with Gasteiger partial charge in [0.25, 0.3) is 5.91 Å². The van der Waals surface area contributed by atoms with Gasteiger partial charge in [-0.3, -0.25) is 4.79 Å². The van der Waals surface area contributed by atoms with Gasteiger partial charge < -0.3 is 9.80 Å². The highest BCUT2D eigenvalue weighted by Crippen LogP contribution is 2.27. The Hall–Kier alpha value is -3.81. The number of hydrogen-bond donors (Lipinski definition) is 0. The zero-order valence-electron chi connectivity index (χ0n) is 17.1. The van der Waals surface area contributed by atoms with Gasteiger partial charge in [0.05, 0.1) is 17.3 Å². The van der Waals surface area contributed by atoms with Crippen molar-refractivity contribution >= 4 is 22.8 Å². The molecule has 0 atom stereocenters. The summed E-state index contributed by atoms with van der Waals surface area (Å²) in [5, 5.41) is 5.31. The Bertz CT molecular complexity index is 1230. The fourth-order valence-electron chi connectivity index (χ4n) is 3.90. The lowest BCUT2D eigenvalue weighted by molar-refractivity contribution is 0.0746. The van der Waals surface area contributed by atoms with Crippen LogP contribution >= 0.6 is 0 Å². The van der Waals surface area contributed by atoms with Gasteiger partial charge in [0.1, 0.15) is 17.5 Å². The van der Waals surface area contributed by atoms with Gasteiger partial charge in [-0.15, -0.1) is 0 Å². The third-order valence-electron chi connectivity index (χ3n) is 5.48. The maximum absolute atomic E-state index is 13.3. The molecule has 8 heteroatoms. The summed E-state index contributed by atoms with van der Waals surface area (Å²) in [6.07, 6.45) is 1.74. The molecule has 7 nitrogen and oxygen atoms in total. The van der Waals surface area contributed by atoms with Gasteiger partial charge in [0.15, 0.2) is 5.65 Å².